The van der Waals surface area contributed by atoms with Gasteiger partial charge in [0.25, 0.3) is 5.91 Å². The first-order chi connectivity index (χ1) is 12.6. The van der Waals surface area contributed by atoms with Crippen molar-refractivity contribution in [1.82, 2.24) is 20.1 Å². The Kier molecular flexibility index (Phi) is 4.38. The van der Waals surface area contributed by atoms with E-state index < -0.39 is 6.10 Å². The van der Waals surface area contributed by atoms with E-state index in [1.807, 2.05) is 44.2 Å². The lowest BCUT2D eigenvalue weighted by molar-refractivity contribution is -0.0351. The highest BCUT2D eigenvalue weighted by Crippen LogP contribution is 2.25. The number of hydrogen-bond donors (Lipinski definition) is 0. The molecule has 1 atom stereocenters. The van der Waals surface area contributed by atoms with Gasteiger partial charge in [0.15, 0.2) is 6.10 Å². The molecule has 1 aliphatic heterocycles. The van der Waals surface area contributed by atoms with E-state index in [1.165, 1.54) is 0 Å². The summed E-state index contributed by atoms with van der Waals surface area (Å²) in [7, 11) is 0. The number of carbonyl (C=O) groups is 1. The maximum absolute atomic E-state index is 12.9. The number of hydrogen-bond acceptors (Lipinski definition) is 6. The van der Waals surface area contributed by atoms with Crippen LogP contribution >= 0.6 is 0 Å². The van der Waals surface area contributed by atoms with Gasteiger partial charge in [-0.3, -0.25) is 9.78 Å². The van der Waals surface area contributed by atoms with Gasteiger partial charge in [-0.05, 0) is 24.3 Å². The third-order valence-electron chi connectivity index (χ3n) is 4.43. The number of ether oxygens (including phenoxy) is 1. The first-order valence-electron chi connectivity index (χ1n) is 8.71. The summed E-state index contributed by atoms with van der Waals surface area (Å²) >= 11 is 0. The molecule has 2 aromatic heterocycles. The maximum Gasteiger partial charge on any atom is 0.254 e. The predicted molar refractivity (Wildman–Crippen MR) is 94.7 cm³/mol. The van der Waals surface area contributed by atoms with Crippen LogP contribution in [0.5, 0.6) is 0 Å². The van der Waals surface area contributed by atoms with Gasteiger partial charge in [-0.1, -0.05) is 19.9 Å². The largest absolute Gasteiger partial charge is 0.422 e. The van der Waals surface area contributed by atoms with Crippen LogP contribution in [-0.4, -0.2) is 45.7 Å². The first kappa shape index (κ1) is 16.7. The lowest BCUT2D eigenvalue weighted by Crippen LogP contribution is -2.42. The molecule has 1 saturated heterocycles. The summed E-state index contributed by atoms with van der Waals surface area (Å²) in [4.78, 5) is 19.0. The van der Waals surface area contributed by atoms with E-state index in [2.05, 4.69) is 15.2 Å². The maximum atomic E-state index is 12.9. The number of fused-ring (bicyclic) bond motifs is 1. The van der Waals surface area contributed by atoms with Crippen LogP contribution in [0.25, 0.3) is 10.9 Å². The second-order valence-corrected chi connectivity index (χ2v) is 6.65. The summed E-state index contributed by atoms with van der Waals surface area (Å²) in [5.41, 5.74) is 1.51. The van der Waals surface area contributed by atoms with Crippen molar-refractivity contribution in [2.24, 2.45) is 0 Å². The second-order valence-electron chi connectivity index (χ2n) is 6.65. The topological polar surface area (TPSA) is 81.4 Å². The smallest absolute Gasteiger partial charge is 0.254 e. The Hall–Kier alpha value is -2.80. The van der Waals surface area contributed by atoms with E-state index in [1.54, 1.807) is 11.1 Å². The highest BCUT2D eigenvalue weighted by Gasteiger charge is 2.30. The van der Waals surface area contributed by atoms with Crippen LogP contribution in [0.1, 0.15) is 48.0 Å². The van der Waals surface area contributed by atoms with Gasteiger partial charge in [-0.2, -0.15) is 0 Å². The standard InChI is InChI=1S/C19H20N4O3/c1-12(2)17-21-22-18(26-17)16-11-23(8-9-25-16)19(24)14-5-6-15-13(10-14)4-3-7-20-15/h3-7,10,12,16H,8-9,11H2,1-2H3/t16-/m0/s1. The molecule has 0 unspecified atom stereocenters. The first-order valence-corrected chi connectivity index (χ1v) is 8.71. The Labute approximate surface area is 151 Å². The van der Waals surface area contributed by atoms with Gasteiger partial charge in [0, 0.05) is 29.6 Å². The molecular weight excluding hydrogens is 332 g/mol. The fourth-order valence-corrected chi connectivity index (χ4v) is 2.98. The van der Waals surface area contributed by atoms with Gasteiger partial charge in [-0.25, -0.2) is 0 Å². The van der Waals surface area contributed by atoms with Gasteiger partial charge in [0.05, 0.1) is 18.7 Å². The van der Waals surface area contributed by atoms with Gasteiger partial charge >= 0.3 is 0 Å². The van der Waals surface area contributed by atoms with Crippen LogP contribution in [0.15, 0.2) is 40.9 Å². The van der Waals surface area contributed by atoms with E-state index in [9.17, 15) is 4.79 Å². The summed E-state index contributed by atoms with van der Waals surface area (Å²) in [6.07, 6.45) is 1.35. The third kappa shape index (κ3) is 3.17. The van der Waals surface area contributed by atoms with Crippen molar-refractivity contribution in [2.75, 3.05) is 19.7 Å². The van der Waals surface area contributed by atoms with Crippen LogP contribution in [-0.2, 0) is 4.74 Å². The van der Waals surface area contributed by atoms with E-state index in [-0.39, 0.29) is 11.8 Å². The lowest BCUT2D eigenvalue weighted by atomic mass is 10.1. The minimum atomic E-state index is -0.394. The molecule has 3 heterocycles. The van der Waals surface area contributed by atoms with Crippen molar-refractivity contribution in [3.05, 3.63) is 53.9 Å². The van der Waals surface area contributed by atoms with Crippen molar-refractivity contribution < 1.29 is 13.9 Å². The summed E-state index contributed by atoms with van der Waals surface area (Å²) < 4.78 is 11.4. The Morgan fingerprint density at radius 2 is 2.15 bits per heavy atom. The van der Waals surface area contributed by atoms with Crippen LogP contribution < -0.4 is 0 Å². The normalized spacial score (nSPS) is 17.8. The van der Waals surface area contributed by atoms with E-state index >= 15 is 0 Å². The summed E-state index contributed by atoms with van der Waals surface area (Å²) in [6, 6.07) is 9.37. The minimum Gasteiger partial charge on any atom is -0.422 e. The average Bonchev–Trinajstić information content (AvgIpc) is 3.18. The number of rotatable bonds is 3. The molecule has 0 spiro atoms. The zero-order chi connectivity index (χ0) is 18.1. The van der Waals surface area contributed by atoms with Crippen molar-refractivity contribution in [1.29, 1.82) is 0 Å². The second kappa shape index (κ2) is 6.84. The molecule has 0 aliphatic carbocycles. The number of nitrogens with zero attached hydrogens (tertiary/aromatic N) is 4. The van der Waals surface area contributed by atoms with Crippen molar-refractivity contribution >= 4 is 16.8 Å². The molecule has 4 rings (SSSR count). The molecule has 134 valence electrons. The zero-order valence-corrected chi connectivity index (χ0v) is 14.8. The molecular formula is C19H20N4O3. The average molecular weight is 352 g/mol. The number of morpholine rings is 1. The van der Waals surface area contributed by atoms with Crippen LogP contribution in [0.3, 0.4) is 0 Å². The Morgan fingerprint density at radius 3 is 2.96 bits per heavy atom. The highest BCUT2D eigenvalue weighted by atomic mass is 16.5. The van der Waals surface area contributed by atoms with Crippen molar-refractivity contribution in [3.63, 3.8) is 0 Å². The molecule has 7 heteroatoms. The van der Waals surface area contributed by atoms with Gasteiger partial charge in [-0.15, -0.1) is 10.2 Å². The fourth-order valence-electron chi connectivity index (χ4n) is 2.98. The monoisotopic (exact) mass is 352 g/mol. The molecule has 3 aromatic rings. The molecule has 1 fully saturated rings. The van der Waals surface area contributed by atoms with Crippen LogP contribution in [0.4, 0.5) is 0 Å². The highest BCUT2D eigenvalue weighted by molar-refractivity contribution is 5.98. The van der Waals surface area contributed by atoms with Crippen molar-refractivity contribution in [3.8, 4) is 0 Å². The number of amides is 1. The third-order valence-corrected chi connectivity index (χ3v) is 4.43. The van der Waals surface area contributed by atoms with Crippen molar-refractivity contribution in [2.45, 2.75) is 25.9 Å². The quantitative estimate of drug-likeness (QED) is 0.721. The molecule has 0 saturated carbocycles. The van der Waals surface area contributed by atoms with E-state index in [0.717, 1.165) is 10.9 Å². The minimum absolute atomic E-state index is 0.0346. The number of benzene rings is 1. The van der Waals surface area contributed by atoms with Gasteiger partial charge in [0.1, 0.15) is 0 Å². The SMILES string of the molecule is CC(C)c1nnc([C@@H]2CN(C(=O)c3ccc4ncccc4c3)CCO2)o1. The number of pyridine rings is 1. The lowest BCUT2D eigenvalue weighted by Gasteiger charge is -2.31. The summed E-state index contributed by atoms with van der Waals surface area (Å²) in [6.45, 7) is 5.34. The van der Waals surface area contributed by atoms with Crippen LogP contribution in [0, 0.1) is 0 Å². The fraction of sp³-hybridized carbons (Fsp3) is 0.368. The molecule has 1 aliphatic rings. The van der Waals surface area contributed by atoms with Crippen LogP contribution in [0.2, 0.25) is 0 Å². The predicted octanol–water partition coefficient (Wildman–Crippen LogP) is 2.95. The van der Waals surface area contributed by atoms with Gasteiger partial charge in [0.2, 0.25) is 11.8 Å². The van der Waals surface area contributed by atoms with E-state index in [0.29, 0.717) is 37.0 Å². The summed E-state index contributed by atoms with van der Waals surface area (Å²) in [5.74, 6) is 1.12. The molecule has 7 nitrogen and oxygen atoms in total. The molecule has 26 heavy (non-hydrogen) atoms. The van der Waals surface area contributed by atoms with E-state index in [4.69, 9.17) is 9.15 Å². The number of aromatic nitrogens is 3. The van der Waals surface area contributed by atoms with Gasteiger partial charge < -0.3 is 14.1 Å². The zero-order valence-electron chi connectivity index (χ0n) is 14.8. The molecule has 1 aromatic carbocycles. The Balaban J connectivity index is 1.53. The molecule has 1 amide bonds. The number of carbonyl (C=O) groups excluding carboxylic acids is 1. The molecule has 0 N–H and O–H groups in total. The Bertz CT molecular complexity index is 937. The molecule has 0 radical (unpaired) electrons. The summed E-state index contributed by atoms with van der Waals surface area (Å²) in [5, 5.41) is 9.07. The molecule has 0 bridgehead atoms. The Morgan fingerprint density at radius 1 is 1.27 bits per heavy atom.